The summed E-state index contributed by atoms with van der Waals surface area (Å²) in [4.78, 5) is 35.4. The van der Waals surface area contributed by atoms with Crippen molar-refractivity contribution in [1.29, 1.82) is 0 Å². The number of anilines is 1. The average Bonchev–Trinajstić information content (AvgIpc) is 3.14. The van der Waals surface area contributed by atoms with Gasteiger partial charge < -0.3 is 4.74 Å². The second-order valence-corrected chi connectivity index (χ2v) is 11.2. The van der Waals surface area contributed by atoms with E-state index in [-0.39, 0.29) is 12.3 Å². The third-order valence-electron chi connectivity index (χ3n) is 4.55. The maximum Gasteiger partial charge on any atom is 0.440 e. The van der Waals surface area contributed by atoms with Crippen molar-refractivity contribution in [3.63, 3.8) is 0 Å². The molecule has 174 valence electrons. The van der Waals surface area contributed by atoms with Crippen LogP contribution in [0.2, 0.25) is 0 Å². The van der Waals surface area contributed by atoms with Crippen molar-refractivity contribution in [3.05, 3.63) is 59.9 Å². The number of amides is 2. The van der Waals surface area contributed by atoms with Gasteiger partial charge in [-0.3, -0.25) is 14.7 Å². The first-order valence-electron chi connectivity index (χ1n) is 10.4. The van der Waals surface area contributed by atoms with Gasteiger partial charge in [-0.05, 0) is 62.3 Å². The SMILES string of the molecule is Cc1nc(N(C)C(=O)Cc2ccc(-c3ccccn3)cc2)sc1S(C)=NC(=O)OC(C)(C)C. The number of rotatable bonds is 5. The van der Waals surface area contributed by atoms with E-state index < -0.39 is 22.4 Å². The van der Waals surface area contributed by atoms with E-state index in [1.54, 1.807) is 38.9 Å². The number of pyridine rings is 1. The van der Waals surface area contributed by atoms with Crippen LogP contribution in [-0.2, 0) is 26.6 Å². The Morgan fingerprint density at radius 1 is 1.15 bits per heavy atom. The highest BCUT2D eigenvalue weighted by Crippen LogP contribution is 2.29. The zero-order chi connectivity index (χ0) is 24.2. The van der Waals surface area contributed by atoms with Crippen LogP contribution in [0.25, 0.3) is 11.3 Å². The maximum absolute atomic E-state index is 12.9. The topological polar surface area (TPSA) is 84.8 Å². The smallest absolute Gasteiger partial charge is 0.440 e. The van der Waals surface area contributed by atoms with Crippen LogP contribution in [0.15, 0.2) is 57.2 Å². The van der Waals surface area contributed by atoms with E-state index >= 15 is 0 Å². The van der Waals surface area contributed by atoms with Gasteiger partial charge in [0.25, 0.3) is 0 Å². The molecule has 2 amide bonds. The van der Waals surface area contributed by atoms with Crippen LogP contribution >= 0.6 is 11.3 Å². The second-order valence-electron chi connectivity index (χ2n) is 8.46. The summed E-state index contributed by atoms with van der Waals surface area (Å²) in [7, 11) is 0.999. The molecule has 1 unspecified atom stereocenters. The van der Waals surface area contributed by atoms with Crippen LogP contribution in [0.5, 0.6) is 0 Å². The van der Waals surface area contributed by atoms with Gasteiger partial charge in [-0.15, -0.1) is 4.36 Å². The summed E-state index contributed by atoms with van der Waals surface area (Å²) in [5.74, 6) is -0.0686. The molecule has 3 aromatic rings. The first-order chi connectivity index (χ1) is 15.5. The number of nitrogens with zero attached hydrogens (tertiary/aromatic N) is 4. The van der Waals surface area contributed by atoms with Gasteiger partial charge in [-0.25, -0.2) is 9.78 Å². The zero-order valence-electron chi connectivity index (χ0n) is 19.7. The van der Waals surface area contributed by atoms with Crippen LogP contribution < -0.4 is 4.90 Å². The Kier molecular flexibility index (Phi) is 7.76. The highest BCUT2D eigenvalue weighted by molar-refractivity contribution is 7.89. The minimum atomic E-state index is -0.715. The van der Waals surface area contributed by atoms with Crippen molar-refractivity contribution >= 4 is 39.2 Å². The molecule has 0 saturated heterocycles. The van der Waals surface area contributed by atoms with Crippen LogP contribution in [0, 0.1) is 6.92 Å². The lowest BCUT2D eigenvalue weighted by atomic mass is 10.1. The summed E-state index contributed by atoms with van der Waals surface area (Å²) in [6.45, 7) is 7.27. The van der Waals surface area contributed by atoms with Crippen molar-refractivity contribution in [3.8, 4) is 11.3 Å². The maximum atomic E-state index is 12.9. The summed E-state index contributed by atoms with van der Waals surface area (Å²) in [5, 5.41) is 0.580. The van der Waals surface area contributed by atoms with E-state index in [4.69, 9.17) is 4.74 Å². The molecule has 0 bridgehead atoms. The summed E-state index contributed by atoms with van der Waals surface area (Å²) < 4.78 is 10.3. The van der Waals surface area contributed by atoms with Gasteiger partial charge in [0.2, 0.25) is 5.91 Å². The first-order valence-corrected chi connectivity index (χ1v) is 12.8. The minimum absolute atomic E-state index is 0.0686. The summed E-state index contributed by atoms with van der Waals surface area (Å²) in [6.07, 6.45) is 3.27. The quantitative estimate of drug-likeness (QED) is 0.481. The lowest BCUT2D eigenvalue weighted by Gasteiger charge is -2.17. The fraction of sp³-hybridized carbons (Fsp3) is 0.333. The summed E-state index contributed by atoms with van der Waals surface area (Å²) >= 11 is 1.37. The predicted molar refractivity (Wildman–Crippen MR) is 134 cm³/mol. The van der Waals surface area contributed by atoms with Crippen LogP contribution in [0.3, 0.4) is 0 Å². The number of hydrogen-bond acceptors (Lipinski definition) is 6. The standard InChI is InChI=1S/C24H28N4O3S2/c1-16-21(33(6)27-23(30)31-24(2,3)4)32-22(26-16)28(5)20(29)15-17-10-12-18(13-11-17)19-9-7-8-14-25-19/h7-14H,15H2,1-6H3. The first kappa shape index (κ1) is 24.7. The van der Waals surface area contributed by atoms with Gasteiger partial charge >= 0.3 is 6.09 Å². The molecule has 0 radical (unpaired) electrons. The van der Waals surface area contributed by atoms with E-state index in [0.29, 0.717) is 5.13 Å². The third kappa shape index (κ3) is 6.79. The molecule has 2 aromatic heterocycles. The molecule has 1 atom stereocenters. The Morgan fingerprint density at radius 3 is 2.45 bits per heavy atom. The number of aryl methyl sites for hydroxylation is 1. The molecule has 1 aromatic carbocycles. The molecule has 0 fully saturated rings. The van der Waals surface area contributed by atoms with Crippen LogP contribution in [0.1, 0.15) is 32.0 Å². The number of aromatic nitrogens is 2. The average molecular weight is 485 g/mol. The molecule has 3 rings (SSSR count). The van der Waals surface area contributed by atoms with Crippen LogP contribution in [-0.4, -0.2) is 40.9 Å². The van der Waals surface area contributed by atoms with Gasteiger partial charge in [0, 0.05) is 18.8 Å². The number of carbonyl (C=O) groups is 2. The van der Waals surface area contributed by atoms with Gasteiger partial charge in [0.1, 0.15) is 5.60 Å². The van der Waals surface area contributed by atoms with Crippen molar-refractivity contribution in [2.24, 2.45) is 4.36 Å². The number of likely N-dealkylation sites (N-methyl/N-ethyl adjacent to an activating group) is 1. The summed E-state index contributed by atoms with van der Waals surface area (Å²) in [5.41, 5.74) is 2.97. The van der Waals surface area contributed by atoms with E-state index in [1.165, 1.54) is 11.3 Å². The van der Waals surface area contributed by atoms with Gasteiger partial charge in [0.05, 0.1) is 22.0 Å². The molecule has 7 nitrogen and oxygen atoms in total. The molecule has 2 heterocycles. The molecule has 0 aliphatic rings. The van der Waals surface area contributed by atoms with Crippen molar-refractivity contribution < 1.29 is 14.3 Å². The Balaban J connectivity index is 1.69. The molecule has 33 heavy (non-hydrogen) atoms. The Morgan fingerprint density at radius 2 is 1.85 bits per heavy atom. The molecular formula is C24H28N4O3S2. The zero-order valence-corrected chi connectivity index (χ0v) is 21.3. The fourth-order valence-electron chi connectivity index (χ4n) is 2.95. The highest BCUT2D eigenvalue weighted by Gasteiger charge is 2.20. The molecule has 0 aliphatic heterocycles. The Bertz CT molecular complexity index is 1170. The number of carbonyl (C=O) groups excluding carboxylic acids is 2. The monoisotopic (exact) mass is 484 g/mol. The number of hydrogen-bond donors (Lipinski definition) is 0. The lowest BCUT2D eigenvalue weighted by Crippen LogP contribution is -2.27. The van der Waals surface area contributed by atoms with E-state index in [9.17, 15) is 9.59 Å². The Hall–Kier alpha value is -2.91. The Labute approximate surface area is 200 Å². The molecule has 0 N–H and O–H groups in total. The largest absolute Gasteiger partial charge is 0.442 e. The number of ether oxygens (including phenoxy) is 1. The minimum Gasteiger partial charge on any atom is -0.442 e. The number of thiazole rings is 1. The third-order valence-corrected chi connectivity index (χ3v) is 7.80. The normalized spacial score (nSPS) is 12.4. The fourth-order valence-corrected chi connectivity index (χ4v) is 5.36. The van der Waals surface area contributed by atoms with E-state index in [1.807, 2.05) is 55.6 Å². The summed E-state index contributed by atoms with van der Waals surface area (Å²) in [6, 6.07) is 13.6. The van der Waals surface area contributed by atoms with Crippen molar-refractivity contribution in [2.45, 2.75) is 43.9 Å². The van der Waals surface area contributed by atoms with Gasteiger partial charge in [-0.1, -0.05) is 41.7 Å². The van der Waals surface area contributed by atoms with Crippen molar-refractivity contribution in [1.82, 2.24) is 9.97 Å². The second kappa shape index (κ2) is 10.4. The lowest BCUT2D eigenvalue weighted by molar-refractivity contribution is -0.117. The van der Waals surface area contributed by atoms with Crippen molar-refractivity contribution in [2.75, 3.05) is 18.2 Å². The van der Waals surface area contributed by atoms with Gasteiger partial charge in [-0.2, -0.15) is 0 Å². The molecular weight excluding hydrogens is 456 g/mol. The number of benzene rings is 1. The molecule has 0 aliphatic carbocycles. The van der Waals surface area contributed by atoms with E-state index in [2.05, 4.69) is 14.3 Å². The highest BCUT2D eigenvalue weighted by atomic mass is 32.2. The molecule has 0 saturated carbocycles. The molecule has 9 heteroatoms. The molecule has 0 spiro atoms. The van der Waals surface area contributed by atoms with Crippen LogP contribution in [0.4, 0.5) is 9.93 Å². The van der Waals surface area contributed by atoms with Gasteiger partial charge in [0.15, 0.2) is 5.13 Å². The predicted octanol–water partition coefficient (Wildman–Crippen LogP) is 5.44. The van der Waals surface area contributed by atoms with E-state index in [0.717, 1.165) is 26.7 Å².